The topological polar surface area (TPSA) is 80.0 Å². The highest BCUT2D eigenvalue weighted by molar-refractivity contribution is 6.30. The van der Waals surface area contributed by atoms with Crippen molar-refractivity contribution in [3.05, 3.63) is 59.5 Å². The quantitative estimate of drug-likeness (QED) is 0.715. The third kappa shape index (κ3) is 3.45. The number of likely N-dealkylation sites (tertiary alicyclic amines) is 1. The minimum Gasteiger partial charge on any atom is -0.488 e. The molecule has 0 unspecified atom stereocenters. The van der Waals surface area contributed by atoms with Gasteiger partial charge >= 0.3 is 0 Å². The lowest BCUT2D eigenvalue weighted by atomic mass is 9.78. The van der Waals surface area contributed by atoms with Crippen LogP contribution in [-0.2, 0) is 0 Å². The Labute approximate surface area is 172 Å². The molecule has 1 aliphatic carbocycles. The van der Waals surface area contributed by atoms with Crippen molar-refractivity contribution in [3.8, 4) is 5.75 Å². The molecule has 1 saturated heterocycles. The van der Waals surface area contributed by atoms with Crippen molar-refractivity contribution < 1.29 is 14.6 Å². The van der Waals surface area contributed by atoms with Gasteiger partial charge in [-0.05, 0) is 48.9 Å². The molecule has 3 aromatic rings. The molecule has 5 rings (SSSR count). The van der Waals surface area contributed by atoms with Crippen LogP contribution in [0.1, 0.15) is 23.2 Å². The van der Waals surface area contributed by atoms with E-state index >= 15 is 0 Å². The van der Waals surface area contributed by atoms with Gasteiger partial charge in [-0.25, -0.2) is 9.50 Å². The van der Waals surface area contributed by atoms with Crippen LogP contribution in [0.4, 0.5) is 0 Å². The molecule has 1 aliphatic heterocycles. The number of hydrogen-bond acceptors (Lipinski definition) is 5. The molecule has 2 aromatic heterocycles. The smallest absolute Gasteiger partial charge is 0.259 e. The fraction of sp³-hybridized carbons (Fsp3) is 0.381. The number of carbonyl (C=O) groups is 1. The number of fused-ring (bicyclic) bond motifs is 2. The molecule has 3 heterocycles. The third-order valence-electron chi connectivity index (χ3n) is 5.97. The summed E-state index contributed by atoms with van der Waals surface area (Å²) in [4.78, 5) is 19.2. The first-order valence-corrected chi connectivity index (χ1v) is 10.1. The molecule has 150 valence electrons. The predicted octanol–water partition coefficient (Wildman–Crippen LogP) is 2.67. The summed E-state index contributed by atoms with van der Waals surface area (Å²) in [5.74, 6) is 1.16. The molecule has 1 N–H and O–H groups in total. The van der Waals surface area contributed by atoms with Gasteiger partial charge in [0.25, 0.3) is 5.91 Å². The normalized spacial score (nSPS) is 26.5. The maximum Gasteiger partial charge on any atom is 0.259 e. The van der Waals surface area contributed by atoms with E-state index in [-0.39, 0.29) is 17.9 Å². The van der Waals surface area contributed by atoms with Crippen molar-refractivity contribution in [3.63, 3.8) is 0 Å². The SMILES string of the molecule is O=C(c1cnn2cccnc12)N1C[C@H]2C[C@@H](Oc3cccc(Cl)c3)[C@H](O)C[C@H]2C1. The average molecular weight is 413 g/mol. The van der Waals surface area contributed by atoms with Gasteiger partial charge in [0, 0.05) is 30.5 Å². The van der Waals surface area contributed by atoms with E-state index in [0.717, 1.165) is 0 Å². The van der Waals surface area contributed by atoms with Crippen molar-refractivity contribution in [2.24, 2.45) is 11.8 Å². The number of ether oxygens (including phenoxy) is 1. The standard InChI is InChI=1S/C21H21ClN4O3/c22-15-3-1-4-16(9-15)29-19-8-14-12-25(11-13(14)7-18(19)27)21(28)17-10-24-26-6-2-5-23-20(17)26/h1-6,9-10,13-14,18-19,27H,7-8,11-12H2/t13-,14+,18+,19+/m0/s1. The van der Waals surface area contributed by atoms with Gasteiger partial charge in [-0.15, -0.1) is 0 Å². The van der Waals surface area contributed by atoms with Crippen LogP contribution in [0.3, 0.4) is 0 Å². The molecule has 7 nitrogen and oxygen atoms in total. The zero-order chi connectivity index (χ0) is 20.0. The van der Waals surface area contributed by atoms with E-state index in [0.29, 0.717) is 53.8 Å². The second kappa shape index (κ2) is 7.31. The molecule has 1 amide bonds. The fourth-order valence-electron chi connectivity index (χ4n) is 4.55. The Morgan fingerprint density at radius 3 is 2.86 bits per heavy atom. The molecule has 0 bridgehead atoms. The molecular formula is C21H21ClN4O3. The van der Waals surface area contributed by atoms with Crippen LogP contribution >= 0.6 is 11.6 Å². The van der Waals surface area contributed by atoms with E-state index < -0.39 is 6.10 Å². The van der Waals surface area contributed by atoms with Gasteiger partial charge in [0.15, 0.2) is 5.65 Å². The number of aromatic nitrogens is 3. The Morgan fingerprint density at radius 2 is 2.03 bits per heavy atom. The highest BCUT2D eigenvalue weighted by Gasteiger charge is 2.44. The lowest BCUT2D eigenvalue weighted by Gasteiger charge is -2.35. The molecule has 0 spiro atoms. The van der Waals surface area contributed by atoms with Crippen molar-refractivity contribution in [1.29, 1.82) is 0 Å². The van der Waals surface area contributed by atoms with Crippen molar-refractivity contribution in [2.45, 2.75) is 25.0 Å². The summed E-state index contributed by atoms with van der Waals surface area (Å²) in [7, 11) is 0. The highest BCUT2D eigenvalue weighted by Crippen LogP contribution is 2.38. The summed E-state index contributed by atoms with van der Waals surface area (Å²) in [6.45, 7) is 1.28. The van der Waals surface area contributed by atoms with Crippen LogP contribution in [-0.4, -0.2) is 55.8 Å². The van der Waals surface area contributed by atoms with Crippen LogP contribution in [0.5, 0.6) is 5.75 Å². The number of halogens is 1. The lowest BCUT2D eigenvalue weighted by Crippen LogP contribution is -2.42. The van der Waals surface area contributed by atoms with Crippen molar-refractivity contribution >= 4 is 23.2 Å². The van der Waals surface area contributed by atoms with Crippen LogP contribution in [0.15, 0.2) is 48.9 Å². The van der Waals surface area contributed by atoms with Crippen LogP contribution < -0.4 is 4.74 Å². The largest absolute Gasteiger partial charge is 0.488 e. The van der Waals surface area contributed by atoms with E-state index in [1.54, 1.807) is 41.3 Å². The highest BCUT2D eigenvalue weighted by atomic mass is 35.5. The number of nitrogens with zero attached hydrogens (tertiary/aromatic N) is 4. The minimum atomic E-state index is -0.566. The number of aliphatic hydroxyl groups excluding tert-OH is 1. The Balaban J connectivity index is 1.30. The molecule has 2 aliphatic rings. The van der Waals surface area contributed by atoms with Gasteiger partial charge in [0.1, 0.15) is 17.4 Å². The minimum absolute atomic E-state index is 0.0603. The Bertz CT molecular complexity index is 1060. The van der Waals surface area contributed by atoms with Gasteiger partial charge in [0.2, 0.25) is 0 Å². The first-order valence-electron chi connectivity index (χ1n) is 9.76. The second-order valence-electron chi connectivity index (χ2n) is 7.83. The Morgan fingerprint density at radius 1 is 1.21 bits per heavy atom. The van der Waals surface area contributed by atoms with E-state index in [4.69, 9.17) is 16.3 Å². The molecule has 29 heavy (non-hydrogen) atoms. The van der Waals surface area contributed by atoms with E-state index in [9.17, 15) is 9.90 Å². The summed E-state index contributed by atoms with van der Waals surface area (Å²) in [5.41, 5.74) is 1.08. The van der Waals surface area contributed by atoms with Gasteiger partial charge in [0.05, 0.1) is 12.3 Å². The van der Waals surface area contributed by atoms with Crippen molar-refractivity contribution in [1.82, 2.24) is 19.5 Å². The first-order chi connectivity index (χ1) is 14.1. The van der Waals surface area contributed by atoms with Gasteiger partial charge in [-0.1, -0.05) is 17.7 Å². The van der Waals surface area contributed by atoms with Crippen LogP contribution in [0.25, 0.3) is 5.65 Å². The van der Waals surface area contributed by atoms with Gasteiger partial charge in [-0.2, -0.15) is 5.10 Å². The molecule has 1 saturated carbocycles. The average Bonchev–Trinajstić information content (AvgIpc) is 3.32. The van der Waals surface area contributed by atoms with Crippen LogP contribution in [0.2, 0.25) is 5.02 Å². The Hall–Kier alpha value is -2.64. The van der Waals surface area contributed by atoms with Crippen LogP contribution in [0, 0.1) is 11.8 Å². The van der Waals surface area contributed by atoms with Gasteiger partial charge < -0.3 is 14.7 Å². The molecule has 8 heteroatoms. The summed E-state index contributed by atoms with van der Waals surface area (Å²) >= 11 is 6.03. The predicted molar refractivity (Wildman–Crippen MR) is 107 cm³/mol. The van der Waals surface area contributed by atoms with E-state index in [1.807, 2.05) is 17.0 Å². The monoisotopic (exact) mass is 412 g/mol. The zero-order valence-electron chi connectivity index (χ0n) is 15.7. The molecule has 0 radical (unpaired) electrons. The van der Waals surface area contributed by atoms with Gasteiger partial charge in [-0.3, -0.25) is 4.79 Å². The zero-order valence-corrected chi connectivity index (χ0v) is 16.4. The number of benzene rings is 1. The molecular weight excluding hydrogens is 392 g/mol. The lowest BCUT2D eigenvalue weighted by molar-refractivity contribution is -0.0231. The fourth-order valence-corrected chi connectivity index (χ4v) is 4.73. The molecule has 1 aromatic carbocycles. The van der Waals surface area contributed by atoms with E-state index in [1.165, 1.54) is 0 Å². The third-order valence-corrected chi connectivity index (χ3v) is 6.20. The number of aliphatic hydroxyl groups is 1. The summed E-state index contributed by atoms with van der Waals surface area (Å²) in [6.07, 6.45) is 5.46. The summed E-state index contributed by atoms with van der Waals surface area (Å²) < 4.78 is 7.63. The maximum atomic E-state index is 13.1. The first kappa shape index (κ1) is 18.4. The maximum absolute atomic E-state index is 13.1. The summed E-state index contributed by atoms with van der Waals surface area (Å²) in [5, 5.41) is 15.4. The second-order valence-corrected chi connectivity index (χ2v) is 8.27. The summed E-state index contributed by atoms with van der Waals surface area (Å²) in [6, 6.07) is 8.99. The number of carbonyl (C=O) groups excluding carboxylic acids is 1. The van der Waals surface area contributed by atoms with Crippen molar-refractivity contribution in [2.75, 3.05) is 13.1 Å². The molecule has 2 fully saturated rings. The van der Waals surface area contributed by atoms with E-state index in [2.05, 4.69) is 10.1 Å². The number of rotatable bonds is 3. The number of hydrogen-bond donors (Lipinski definition) is 1. The Kier molecular flexibility index (Phi) is 4.64. The molecule has 4 atom stereocenters. The number of amides is 1.